The van der Waals surface area contributed by atoms with Gasteiger partial charge in [-0.2, -0.15) is 0 Å². The first-order chi connectivity index (χ1) is 12.3. The highest BCUT2D eigenvalue weighted by molar-refractivity contribution is 14.0. The average molecular weight is 469 g/mol. The van der Waals surface area contributed by atoms with E-state index in [0.717, 1.165) is 40.9 Å². The first-order valence-corrected chi connectivity index (χ1v) is 8.32. The van der Waals surface area contributed by atoms with Crippen LogP contribution in [0.25, 0.3) is 0 Å². The normalized spacial score (nSPS) is 12.3. The van der Waals surface area contributed by atoms with Gasteiger partial charge in [-0.05, 0) is 42.3 Å². The molecular formula is C19H24IN3O3. The zero-order valence-corrected chi connectivity index (χ0v) is 17.3. The van der Waals surface area contributed by atoms with Crippen LogP contribution >= 0.6 is 24.0 Å². The smallest absolute Gasteiger partial charge is 0.231 e. The van der Waals surface area contributed by atoms with Crippen molar-refractivity contribution in [3.05, 3.63) is 53.6 Å². The molecule has 0 bridgehead atoms. The molecule has 6 nitrogen and oxygen atoms in total. The Bertz CT molecular complexity index is 735. The third-order valence-corrected chi connectivity index (χ3v) is 3.82. The molecule has 2 N–H and O–H groups in total. The number of benzene rings is 2. The van der Waals surface area contributed by atoms with Crippen LogP contribution in [0, 0.1) is 0 Å². The van der Waals surface area contributed by atoms with Crippen molar-refractivity contribution in [2.45, 2.75) is 20.0 Å². The summed E-state index contributed by atoms with van der Waals surface area (Å²) in [6.07, 6.45) is 0. The summed E-state index contributed by atoms with van der Waals surface area (Å²) in [4.78, 5) is 4.63. The molecular weight excluding hydrogens is 445 g/mol. The number of nitrogens with one attached hydrogen (secondary N) is 2. The van der Waals surface area contributed by atoms with Crippen LogP contribution in [0.2, 0.25) is 0 Å². The van der Waals surface area contributed by atoms with Crippen LogP contribution in [-0.4, -0.2) is 26.4 Å². The monoisotopic (exact) mass is 469 g/mol. The van der Waals surface area contributed by atoms with Crippen molar-refractivity contribution in [3.8, 4) is 17.2 Å². The zero-order chi connectivity index (χ0) is 17.5. The summed E-state index contributed by atoms with van der Waals surface area (Å²) >= 11 is 0. The van der Waals surface area contributed by atoms with E-state index in [9.17, 15) is 0 Å². The van der Waals surface area contributed by atoms with E-state index < -0.39 is 0 Å². The van der Waals surface area contributed by atoms with Gasteiger partial charge >= 0.3 is 0 Å². The molecule has 0 saturated carbocycles. The highest BCUT2D eigenvalue weighted by atomic mass is 127. The van der Waals surface area contributed by atoms with Gasteiger partial charge in [0.25, 0.3) is 0 Å². The van der Waals surface area contributed by atoms with Gasteiger partial charge in [-0.3, -0.25) is 0 Å². The maximum Gasteiger partial charge on any atom is 0.231 e. The van der Waals surface area contributed by atoms with Gasteiger partial charge in [0.15, 0.2) is 17.5 Å². The van der Waals surface area contributed by atoms with Gasteiger partial charge < -0.3 is 24.8 Å². The molecule has 3 rings (SSSR count). The molecule has 26 heavy (non-hydrogen) atoms. The van der Waals surface area contributed by atoms with Crippen molar-refractivity contribution in [1.29, 1.82) is 0 Å². The molecule has 0 aromatic heterocycles. The van der Waals surface area contributed by atoms with Gasteiger partial charge in [0.1, 0.15) is 5.75 Å². The summed E-state index contributed by atoms with van der Waals surface area (Å²) in [5, 5.41) is 6.60. The quantitative estimate of drug-likeness (QED) is 0.386. The van der Waals surface area contributed by atoms with E-state index in [2.05, 4.69) is 15.6 Å². The van der Waals surface area contributed by atoms with E-state index in [1.165, 1.54) is 0 Å². The Labute approximate surface area is 171 Å². The molecule has 0 aliphatic carbocycles. The second kappa shape index (κ2) is 10.1. The Morgan fingerprint density at radius 3 is 2.50 bits per heavy atom. The standard InChI is InChI=1S/C19H23N3O3.HI/c1-3-20-19(21-11-14-4-7-16(23-2)8-5-14)22-12-15-6-9-17-18(10-15)25-13-24-17;/h4-10H,3,11-13H2,1-2H3,(H2,20,21,22);1H. The van der Waals surface area contributed by atoms with Crippen molar-refractivity contribution < 1.29 is 14.2 Å². The number of hydrogen-bond acceptors (Lipinski definition) is 4. The van der Waals surface area contributed by atoms with Gasteiger partial charge in [-0.25, -0.2) is 4.99 Å². The van der Waals surface area contributed by atoms with E-state index >= 15 is 0 Å². The number of guanidine groups is 1. The lowest BCUT2D eigenvalue weighted by Crippen LogP contribution is -2.36. The van der Waals surface area contributed by atoms with E-state index in [-0.39, 0.29) is 30.8 Å². The van der Waals surface area contributed by atoms with Crippen LogP contribution in [0.4, 0.5) is 0 Å². The molecule has 0 radical (unpaired) electrons. The summed E-state index contributed by atoms with van der Waals surface area (Å²) in [6, 6.07) is 13.9. The predicted molar refractivity (Wildman–Crippen MR) is 113 cm³/mol. The number of rotatable bonds is 6. The minimum absolute atomic E-state index is 0. The van der Waals surface area contributed by atoms with E-state index in [4.69, 9.17) is 14.2 Å². The maximum absolute atomic E-state index is 5.41. The van der Waals surface area contributed by atoms with Crippen LogP contribution < -0.4 is 24.8 Å². The first kappa shape index (κ1) is 20.2. The Kier molecular flexibility index (Phi) is 7.83. The molecule has 2 aromatic carbocycles. The molecule has 0 amide bonds. The number of hydrogen-bond donors (Lipinski definition) is 2. The highest BCUT2D eigenvalue weighted by Crippen LogP contribution is 2.32. The highest BCUT2D eigenvalue weighted by Gasteiger charge is 2.12. The molecule has 140 valence electrons. The lowest BCUT2D eigenvalue weighted by molar-refractivity contribution is 0.174. The number of aliphatic imine (C=N–C) groups is 1. The summed E-state index contributed by atoms with van der Waals surface area (Å²) in [5.74, 6) is 3.20. The minimum atomic E-state index is 0. The Balaban J connectivity index is 0.00000243. The molecule has 0 atom stereocenters. The van der Waals surface area contributed by atoms with Crippen LogP contribution in [0.3, 0.4) is 0 Å². The number of nitrogens with zero attached hydrogens (tertiary/aromatic N) is 1. The maximum atomic E-state index is 5.41. The number of fused-ring (bicyclic) bond motifs is 1. The van der Waals surface area contributed by atoms with Crippen LogP contribution in [0.15, 0.2) is 47.5 Å². The molecule has 1 heterocycles. The predicted octanol–water partition coefficient (Wildman–Crippen LogP) is 3.30. The molecule has 0 unspecified atom stereocenters. The van der Waals surface area contributed by atoms with Crippen molar-refractivity contribution >= 4 is 29.9 Å². The Hall–Kier alpha value is -2.16. The Morgan fingerprint density at radius 2 is 1.77 bits per heavy atom. The summed E-state index contributed by atoms with van der Waals surface area (Å²) in [6.45, 7) is 4.39. The van der Waals surface area contributed by atoms with Crippen LogP contribution in [0.5, 0.6) is 17.2 Å². The fraction of sp³-hybridized carbons (Fsp3) is 0.316. The van der Waals surface area contributed by atoms with Crippen molar-refractivity contribution in [2.75, 3.05) is 20.4 Å². The topological polar surface area (TPSA) is 64.1 Å². The molecule has 2 aromatic rings. The van der Waals surface area contributed by atoms with Gasteiger partial charge in [0.05, 0.1) is 13.7 Å². The van der Waals surface area contributed by atoms with E-state index in [1.807, 2.05) is 49.4 Å². The van der Waals surface area contributed by atoms with Crippen molar-refractivity contribution in [3.63, 3.8) is 0 Å². The largest absolute Gasteiger partial charge is 0.497 e. The molecule has 1 aliphatic heterocycles. The first-order valence-electron chi connectivity index (χ1n) is 8.32. The third kappa shape index (κ3) is 5.42. The zero-order valence-electron chi connectivity index (χ0n) is 15.0. The summed E-state index contributed by atoms with van der Waals surface area (Å²) < 4.78 is 15.9. The number of methoxy groups -OCH3 is 1. The van der Waals surface area contributed by atoms with Crippen molar-refractivity contribution in [2.24, 2.45) is 4.99 Å². The molecule has 0 spiro atoms. The fourth-order valence-corrected chi connectivity index (χ4v) is 2.48. The van der Waals surface area contributed by atoms with E-state index in [0.29, 0.717) is 13.1 Å². The average Bonchev–Trinajstić information content (AvgIpc) is 3.12. The second-order valence-corrected chi connectivity index (χ2v) is 5.58. The van der Waals surface area contributed by atoms with Gasteiger partial charge in [0.2, 0.25) is 6.79 Å². The molecule has 0 fully saturated rings. The fourth-order valence-electron chi connectivity index (χ4n) is 2.48. The third-order valence-electron chi connectivity index (χ3n) is 3.82. The van der Waals surface area contributed by atoms with Crippen LogP contribution in [-0.2, 0) is 13.1 Å². The molecule has 7 heteroatoms. The lowest BCUT2D eigenvalue weighted by Gasteiger charge is -2.12. The van der Waals surface area contributed by atoms with E-state index in [1.54, 1.807) is 7.11 Å². The molecule has 1 aliphatic rings. The Morgan fingerprint density at radius 1 is 1.04 bits per heavy atom. The number of ether oxygens (including phenoxy) is 3. The van der Waals surface area contributed by atoms with Crippen molar-refractivity contribution in [1.82, 2.24) is 10.6 Å². The minimum Gasteiger partial charge on any atom is -0.497 e. The SMILES string of the molecule is CCNC(=NCc1ccc2c(c1)OCO2)NCc1ccc(OC)cc1.I. The van der Waals surface area contributed by atoms with Gasteiger partial charge in [-0.1, -0.05) is 18.2 Å². The van der Waals surface area contributed by atoms with Crippen LogP contribution in [0.1, 0.15) is 18.1 Å². The summed E-state index contributed by atoms with van der Waals surface area (Å²) in [7, 11) is 1.67. The summed E-state index contributed by atoms with van der Waals surface area (Å²) in [5.41, 5.74) is 2.24. The lowest BCUT2D eigenvalue weighted by atomic mass is 10.2. The van der Waals surface area contributed by atoms with Gasteiger partial charge in [0, 0.05) is 13.1 Å². The molecule has 0 saturated heterocycles. The van der Waals surface area contributed by atoms with Gasteiger partial charge in [-0.15, -0.1) is 24.0 Å². The number of halogens is 1. The second-order valence-electron chi connectivity index (χ2n) is 5.58.